The van der Waals surface area contributed by atoms with E-state index in [-0.39, 0.29) is 11.3 Å². The summed E-state index contributed by atoms with van der Waals surface area (Å²) in [5.74, 6) is 0. The minimum absolute atomic E-state index is 0.0955. The first-order chi connectivity index (χ1) is 6.45. The Morgan fingerprint density at radius 2 is 2.00 bits per heavy atom. The van der Waals surface area contributed by atoms with Crippen LogP contribution in [0, 0.1) is 24.0 Å². The van der Waals surface area contributed by atoms with E-state index in [1.54, 1.807) is 19.9 Å². The van der Waals surface area contributed by atoms with Crippen LogP contribution in [-0.4, -0.2) is 9.62 Å². The highest BCUT2D eigenvalue weighted by Crippen LogP contribution is 2.27. The van der Waals surface area contributed by atoms with Crippen LogP contribution < -0.4 is 0 Å². The number of hydrogen-bond donors (Lipinski definition) is 0. The minimum atomic E-state index is -0.531. The molecule has 0 amide bonds. The quantitative estimate of drug-likeness (QED) is 0.465. The molecule has 14 heavy (non-hydrogen) atoms. The smallest absolute Gasteiger partial charge is 0.281 e. The zero-order chi connectivity index (χ0) is 10.9. The molecule has 0 radical (unpaired) electrons. The Bertz CT molecular complexity index is 415. The molecule has 1 aromatic rings. The van der Waals surface area contributed by atoms with Crippen LogP contribution >= 0.6 is 15.9 Å². The van der Waals surface area contributed by atoms with Crippen LogP contribution in [0.25, 0.3) is 0 Å². The molecule has 0 aliphatic heterocycles. The molecule has 0 bridgehead atoms. The summed E-state index contributed by atoms with van der Waals surface area (Å²) in [5.41, 5.74) is 1.31. The molecule has 0 spiro atoms. The van der Waals surface area contributed by atoms with Crippen molar-refractivity contribution in [1.82, 2.24) is 0 Å². The number of hydrogen-bond acceptors (Lipinski definition) is 3. The number of nitro benzene ring substituents is 1. The van der Waals surface area contributed by atoms with Crippen molar-refractivity contribution in [1.29, 1.82) is 0 Å². The van der Waals surface area contributed by atoms with E-state index in [4.69, 9.17) is 0 Å². The van der Waals surface area contributed by atoms with Gasteiger partial charge in [-0.25, -0.2) is 0 Å². The molecule has 0 saturated heterocycles. The fraction of sp³-hybridized carbons (Fsp3) is 0.222. The maximum Gasteiger partial charge on any atom is 0.284 e. The summed E-state index contributed by atoms with van der Waals surface area (Å²) in [5, 5.41) is 10.7. The second-order valence-electron chi connectivity index (χ2n) is 2.93. The van der Waals surface area contributed by atoms with Crippen LogP contribution in [0.5, 0.6) is 0 Å². The van der Waals surface area contributed by atoms with E-state index in [1.165, 1.54) is 6.07 Å². The lowest BCUT2D eigenvalue weighted by molar-refractivity contribution is -0.385. The Morgan fingerprint density at radius 3 is 2.43 bits per heavy atom. The van der Waals surface area contributed by atoms with Gasteiger partial charge >= 0.3 is 0 Å². The van der Waals surface area contributed by atoms with Crippen molar-refractivity contribution in [2.75, 3.05) is 0 Å². The number of nitrogens with zero attached hydrogens (tertiary/aromatic N) is 1. The fourth-order valence-electron chi connectivity index (χ4n) is 1.19. The maximum atomic E-state index is 11.0. The molecule has 0 heterocycles. The van der Waals surface area contributed by atoms with Gasteiger partial charge in [-0.15, -0.1) is 0 Å². The number of carbonyl (C=O) groups is 1. The average Bonchev–Trinajstić information content (AvgIpc) is 2.08. The summed E-state index contributed by atoms with van der Waals surface area (Å²) >= 11 is 2.72. The molecule has 74 valence electrons. The van der Waals surface area contributed by atoms with E-state index in [2.05, 4.69) is 15.9 Å². The Labute approximate surface area is 89.2 Å². The fourth-order valence-corrected chi connectivity index (χ4v) is 1.51. The molecule has 0 aliphatic rings. The van der Waals surface area contributed by atoms with Gasteiger partial charge < -0.3 is 0 Å². The van der Waals surface area contributed by atoms with Gasteiger partial charge in [0.25, 0.3) is 5.69 Å². The molecule has 0 aliphatic carbocycles. The molecule has 1 aromatic carbocycles. The normalized spacial score (nSPS) is 9.93. The highest BCUT2D eigenvalue weighted by atomic mass is 79.9. The Balaban J connectivity index is 3.53. The first-order valence-corrected chi connectivity index (χ1v) is 4.69. The summed E-state index contributed by atoms with van der Waals surface area (Å²) in [4.78, 5) is 21.2. The van der Waals surface area contributed by atoms with Crippen molar-refractivity contribution in [3.8, 4) is 0 Å². The molecular weight excluding hydrogens is 250 g/mol. The third-order valence-electron chi connectivity index (χ3n) is 2.10. The third-order valence-corrected chi connectivity index (χ3v) is 2.52. The molecule has 4 nitrogen and oxygen atoms in total. The predicted octanol–water partition coefficient (Wildman–Crippen LogP) is 2.75. The molecule has 1 rings (SSSR count). The van der Waals surface area contributed by atoms with Gasteiger partial charge in [-0.2, -0.15) is 0 Å². The van der Waals surface area contributed by atoms with Gasteiger partial charge in [0.1, 0.15) is 5.56 Å². The molecule has 0 fully saturated rings. The van der Waals surface area contributed by atoms with Gasteiger partial charge in [0, 0.05) is 5.56 Å². The van der Waals surface area contributed by atoms with Gasteiger partial charge in [-0.1, -0.05) is 6.07 Å². The van der Waals surface area contributed by atoms with Crippen LogP contribution in [0.4, 0.5) is 5.69 Å². The molecule has 5 heteroatoms. The van der Waals surface area contributed by atoms with Crippen molar-refractivity contribution in [2.24, 2.45) is 0 Å². The van der Waals surface area contributed by atoms with E-state index < -0.39 is 9.62 Å². The van der Waals surface area contributed by atoms with Crippen molar-refractivity contribution >= 4 is 26.3 Å². The van der Waals surface area contributed by atoms with Crippen LogP contribution in [0.3, 0.4) is 0 Å². The molecule has 0 aromatic heterocycles. The van der Waals surface area contributed by atoms with Crippen LogP contribution in [0.1, 0.15) is 21.5 Å². The second kappa shape index (κ2) is 3.88. The first kappa shape index (κ1) is 10.8. The molecule has 0 unspecified atom stereocenters. The Morgan fingerprint density at radius 1 is 1.43 bits per heavy atom. The number of rotatable bonds is 2. The summed E-state index contributed by atoms with van der Waals surface area (Å²) in [7, 11) is 0. The van der Waals surface area contributed by atoms with E-state index in [9.17, 15) is 14.9 Å². The average molecular weight is 258 g/mol. The number of nitro groups is 1. The number of carbonyl (C=O) groups excluding carboxylic acids is 1. The number of halogens is 1. The lowest BCUT2D eigenvalue weighted by atomic mass is 10.0. The van der Waals surface area contributed by atoms with E-state index >= 15 is 0 Å². The summed E-state index contributed by atoms with van der Waals surface area (Å²) < 4.78 is -0.465. The number of benzene rings is 1. The standard InChI is InChI=1S/C9H8BrNO3/c1-5-3-4-7(9(10)12)8(6(5)2)11(13)14/h3-4H,1-2H3. The van der Waals surface area contributed by atoms with Gasteiger partial charge in [-0.05, 0) is 41.4 Å². The van der Waals surface area contributed by atoms with Gasteiger partial charge in [0.15, 0.2) is 0 Å². The molecule has 0 saturated carbocycles. The van der Waals surface area contributed by atoms with E-state index in [0.717, 1.165) is 5.56 Å². The summed E-state index contributed by atoms with van der Waals surface area (Å²) in [6.07, 6.45) is 0. The van der Waals surface area contributed by atoms with Crippen molar-refractivity contribution in [3.63, 3.8) is 0 Å². The summed E-state index contributed by atoms with van der Waals surface area (Å²) in [6, 6.07) is 3.15. The molecule has 0 atom stereocenters. The maximum absolute atomic E-state index is 11.0. The minimum Gasteiger partial charge on any atom is -0.281 e. The van der Waals surface area contributed by atoms with Gasteiger partial charge in [0.2, 0.25) is 4.69 Å². The zero-order valence-corrected chi connectivity index (χ0v) is 9.29. The topological polar surface area (TPSA) is 60.2 Å². The van der Waals surface area contributed by atoms with Crippen LogP contribution in [-0.2, 0) is 0 Å². The van der Waals surface area contributed by atoms with Gasteiger partial charge in [-0.3, -0.25) is 14.9 Å². The molecular formula is C9H8BrNO3. The Kier molecular flexibility index (Phi) is 3.00. The van der Waals surface area contributed by atoms with Crippen molar-refractivity contribution < 1.29 is 9.72 Å². The second-order valence-corrected chi connectivity index (χ2v) is 3.65. The highest BCUT2D eigenvalue weighted by molar-refractivity contribution is 9.18. The molecule has 0 N–H and O–H groups in total. The largest absolute Gasteiger partial charge is 0.284 e. The van der Waals surface area contributed by atoms with E-state index in [1.807, 2.05) is 0 Å². The zero-order valence-electron chi connectivity index (χ0n) is 7.70. The highest BCUT2D eigenvalue weighted by Gasteiger charge is 2.21. The lowest BCUT2D eigenvalue weighted by Gasteiger charge is -2.04. The van der Waals surface area contributed by atoms with Crippen LogP contribution in [0.2, 0.25) is 0 Å². The van der Waals surface area contributed by atoms with Crippen molar-refractivity contribution in [2.45, 2.75) is 13.8 Å². The predicted molar refractivity (Wildman–Crippen MR) is 55.8 cm³/mol. The Hall–Kier alpha value is -1.23. The van der Waals surface area contributed by atoms with E-state index in [0.29, 0.717) is 5.56 Å². The summed E-state index contributed by atoms with van der Waals surface area (Å²) in [6.45, 7) is 3.40. The van der Waals surface area contributed by atoms with Gasteiger partial charge in [0.05, 0.1) is 4.92 Å². The number of aryl methyl sites for hydroxylation is 1. The lowest BCUT2D eigenvalue weighted by Crippen LogP contribution is -2.01. The monoisotopic (exact) mass is 257 g/mol. The third kappa shape index (κ3) is 1.82. The van der Waals surface area contributed by atoms with Crippen molar-refractivity contribution in [3.05, 3.63) is 38.9 Å². The first-order valence-electron chi connectivity index (χ1n) is 3.89. The SMILES string of the molecule is Cc1ccc(C(=O)Br)c([N+](=O)[O-])c1C. The van der Waals surface area contributed by atoms with Crippen LogP contribution in [0.15, 0.2) is 12.1 Å².